The normalized spacial score (nSPS) is 10.5. The minimum Gasteiger partial charge on any atom is -0.325 e. The van der Waals surface area contributed by atoms with Gasteiger partial charge in [-0.3, -0.25) is 9.78 Å². The van der Waals surface area contributed by atoms with Crippen molar-refractivity contribution in [2.45, 2.75) is 13.0 Å². The van der Waals surface area contributed by atoms with Crippen molar-refractivity contribution in [2.75, 3.05) is 0 Å². The quantitative estimate of drug-likeness (QED) is 0.875. The summed E-state index contributed by atoms with van der Waals surface area (Å²) in [7, 11) is 0. The third kappa shape index (κ3) is 3.36. The van der Waals surface area contributed by atoms with Crippen LogP contribution < -0.4 is 5.73 Å². The lowest BCUT2D eigenvalue weighted by molar-refractivity contribution is 0.0991. The van der Waals surface area contributed by atoms with Crippen LogP contribution in [0, 0.1) is 5.82 Å². The van der Waals surface area contributed by atoms with Gasteiger partial charge in [-0.05, 0) is 29.8 Å². The van der Waals surface area contributed by atoms with Gasteiger partial charge in [0.2, 0.25) is 0 Å². The minimum atomic E-state index is -0.478. The number of hydrogen-bond acceptors (Lipinski definition) is 3. The molecule has 0 aliphatic rings. The summed E-state index contributed by atoms with van der Waals surface area (Å²) in [4.78, 5) is 16.1. The zero-order valence-electron chi connectivity index (χ0n) is 10.1. The first-order valence-corrected chi connectivity index (χ1v) is 6.10. The van der Waals surface area contributed by atoms with Gasteiger partial charge in [-0.1, -0.05) is 17.7 Å². The van der Waals surface area contributed by atoms with Crippen LogP contribution in [0.3, 0.4) is 0 Å². The molecule has 0 bridgehead atoms. The molecule has 0 radical (unpaired) electrons. The van der Waals surface area contributed by atoms with Crippen molar-refractivity contribution in [3.8, 4) is 0 Å². The van der Waals surface area contributed by atoms with Crippen molar-refractivity contribution >= 4 is 17.4 Å². The van der Waals surface area contributed by atoms with Crippen molar-refractivity contribution in [2.24, 2.45) is 5.73 Å². The number of ketones is 1. The highest BCUT2D eigenvalue weighted by molar-refractivity contribution is 6.30. The average Bonchev–Trinajstić information content (AvgIpc) is 2.42. The van der Waals surface area contributed by atoms with Crippen LogP contribution in [0.2, 0.25) is 5.02 Å². The fourth-order valence-corrected chi connectivity index (χ4v) is 1.86. The van der Waals surface area contributed by atoms with Crippen LogP contribution in [-0.2, 0) is 13.0 Å². The van der Waals surface area contributed by atoms with E-state index in [0.717, 1.165) is 0 Å². The Morgan fingerprint density at radius 2 is 2.11 bits per heavy atom. The SMILES string of the molecule is NCc1cc(C(=O)Cc2ccc(Cl)cc2F)ccn1. The molecule has 5 heteroatoms. The number of carbonyl (C=O) groups is 1. The molecule has 98 valence electrons. The van der Waals surface area contributed by atoms with E-state index in [0.29, 0.717) is 21.8 Å². The molecule has 0 fully saturated rings. The Labute approximate surface area is 115 Å². The number of rotatable bonds is 4. The first-order chi connectivity index (χ1) is 9.10. The molecule has 1 aromatic heterocycles. The maximum Gasteiger partial charge on any atom is 0.167 e. The first-order valence-electron chi connectivity index (χ1n) is 5.72. The van der Waals surface area contributed by atoms with Gasteiger partial charge in [0.15, 0.2) is 5.78 Å². The lowest BCUT2D eigenvalue weighted by Crippen LogP contribution is -2.07. The van der Waals surface area contributed by atoms with E-state index in [1.165, 1.54) is 18.3 Å². The van der Waals surface area contributed by atoms with Crippen molar-refractivity contribution in [3.05, 3.63) is 64.2 Å². The van der Waals surface area contributed by atoms with E-state index in [1.807, 2.05) is 0 Å². The zero-order valence-corrected chi connectivity index (χ0v) is 10.8. The van der Waals surface area contributed by atoms with Gasteiger partial charge in [-0.15, -0.1) is 0 Å². The van der Waals surface area contributed by atoms with E-state index in [4.69, 9.17) is 17.3 Å². The zero-order chi connectivity index (χ0) is 13.8. The highest BCUT2D eigenvalue weighted by Gasteiger charge is 2.11. The van der Waals surface area contributed by atoms with E-state index in [2.05, 4.69) is 4.98 Å². The summed E-state index contributed by atoms with van der Waals surface area (Å²) in [5.74, 6) is -0.660. The number of benzene rings is 1. The van der Waals surface area contributed by atoms with E-state index in [-0.39, 0.29) is 18.7 Å². The fraction of sp³-hybridized carbons (Fsp3) is 0.143. The monoisotopic (exact) mass is 278 g/mol. The van der Waals surface area contributed by atoms with Crippen molar-refractivity contribution in [1.82, 2.24) is 4.98 Å². The van der Waals surface area contributed by atoms with Crippen LogP contribution in [0.25, 0.3) is 0 Å². The van der Waals surface area contributed by atoms with E-state index in [9.17, 15) is 9.18 Å². The van der Waals surface area contributed by atoms with Gasteiger partial charge in [-0.25, -0.2) is 4.39 Å². The summed E-state index contributed by atoms with van der Waals surface area (Å²) in [6.07, 6.45) is 1.50. The second kappa shape index (κ2) is 5.91. The lowest BCUT2D eigenvalue weighted by atomic mass is 10.0. The van der Waals surface area contributed by atoms with Crippen LogP contribution in [-0.4, -0.2) is 10.8 Å². The summed E-state index contributed by atoms with van der Waals surface area (Å²) in [5.41, 5.74) is 6.89. The standard InChI is InChI=1S/C14H12ClFN2O/c15-11-2-1-9(13(16)7-11)6-14(19)10-3-4-18-12(5-10)8-17/h1-5,7H,6,8,17H2. The van der Waals surface area contributed by atoms with Gasteiger partial charge in [0, 0.05) is 29.7 Å². The molecule has 0 aliphatic heterocycles. The molecule has 2 N–H and O–H groups in total. The topological polar surface area (TPSA) is 56.0 Å². The molecular weight excluding hydrogens is 267 g/mol. The van der Waals surface area contributed by atoms with E-state index >= 15 is 0 Å². The molecule has 1 aromatic carbocycles. The van der Waals surface area contributed by atoms with Crippen molar-refractivity contribution < 1.29 is 9.18 Å². The number of aromatic nitrogens is 1. The summed E-state index contributed by atoms with van der Waals surface area (Å²) in [6.45, 7) is 0.260. The number of hydrogen-bond donors (Lipinski definition) is 1. The first kappa shape index (κ1) is 13.6. The average molecular weight is 279 g/mol. The summed E-state index contributed by atoms with van der Waals surface area (Å²) in [5, 5.41) is 0.308. The van der Waals surface area contributed by atoms with Crippen LogP contribution in [0.4, 0.5) is 4.39 Å². The number of halogens is 2. The third-order valence-electron chi connectivity index (χ3n) is 2.71. The second-order valence-corrected chi connectivity index (χ2v) is 4.51. The van der Waals surface area contributed by atoms with Gasteiger partial charge < -0.3 is 5.73 Å². The molecular formula is C14H12ClFN2O. The van der Waals surface area contributed by atoms with Crippen LogP contribution in [0.15, 0.2) is 36.5 Å². The number of pyridine rings is 1. The predicted molar refractivity (Wildman–Crippen MR) is 71.6 cm³/mol. The smallest absolute Gasteiger partial charge is 0.167 e. The molecule has 19 heavy (non-hydrogen) atoms. The summed E-state index contributed by atoms with van der Waals surface area (Å²) >= 11 is 5.66. The summed E-state index contributed by atoms with van der Waals surface area (Å²) in [6, 6.07) is 7.49. The predicted octanol–water partition coefficient (Wildman–Crippen LogP) is 2.76. The van der Waals surface area contributed by atoms with Gasteiger partial charge in [0.05, 0.1) is 5.69 Å². The van der Waals surface area contributed by atoms with Crippen LogP contribution in [0.5, 0.6) is 0 Å². The molecule has 0 saturated carbocycles. The third-order valence-corrected chi connectivity index (χ3v) is 2.95. The largest absolute Gasteiger partial charge is 0.325 e. The van der Waals surface area contributed by atoms with Crippen LogP contribution >= 0.6 is 11.6 Å². The van der Waals surface area contributed by atoms with E-state index < -0.39 is 5.82 Å². The molecule has 2 rings (SSSR count). The van der Waals surface area contributed by atoms with Crippen molar-refractivity contribution in [1.29, 1.82) is 0 Å². The molecule has 0 atom stereocenters. The molecule has 2 aromatic rings. The molecule has 0 aliphatic carbocycles. The molecule has 0 saturated heterocycles. The molecule has 0 amide bonds. The highest BCUT2D eigenvalue weighted by Crippen LogP contribution is 2.16. The maximum atomic E-state index is 13.6. The highest BCUT2D eigenvalue weighted by atomic mass is 35.5. The number of carbonyl (C=O) groups excluding carboxylic acids is 1. The number of nitrogens with two attached hydrogens (primary N) is 1. The summed E-state index contributed by atoms with van der Waals surface area (Å²) < 4.78 is 13.6. The lowest BCUT2D eigenvalue weighted by Gasteiger charge is -2.04. The van der Waals surface area contributed by atoms with Gasteiger partial charge >= 0.3 is 0 Å². The Hall–Kier alpha value is -1.78. The second-order valence-electron chi connectivity index (χ2n) is 4.08. The number of nitrogens with zero attached hydrogens (tertiary/aromatic N) is 1. The van der Waals surface area contributed by atoms with Crippen molar-refractivity contribution in [3.63, 3.8) is 0 Å². The Morgan fingerprint density at radius 3 is 2.79 bits per heavy atom. The Kier molecular flexibility index (Phi) is 4.24. The van der Waals surface area contributed by atoms with Crippen LogP contribution in [0.1, 0.15) is 21.6 Å². The fourth-order valence-electron chi connectivity index (χ4n) is 1.70. The Balaban J connectivity index is 2.20. The molecule has 3 nitrogen and oxygen atoms in total. The Bertz CT molecular complexity index is 616. The maximum absolute atomic E-state index is 13.6. The van der Waals surface area contributed by atoms with Gasteiger partial charge in [0.1, 0.15) is 5.82 Å². The molecule has 0 unspecified atom stereocenters. The van der Waals surface area contributed by atoms with Gasteiger partial charge in [-0.2, -0.15) is 0 Å². The van der Waals surface area contributed by atoms with E-state index in [1.54, 1.807) is 18.2 Å². The molecule has 0 spiro atoms. The minimum absolute atomic E-state index is 0.0168. The number of Topliss-reactive ketones (excluding diaryl/α,β-unsaturated/α-hetero) is 1. The Morgan fingerprint density at radius 1 is 1.32 bits per heavy atom. The molecule has 1 heterocycles. The van der Waals surface area contributed by atoms with Gasteiger partial charge in [0.25, 0.3) is 0 Å².